The Morgan fingerprint density at radius 2 is 1.95 bits per heavy atom. The van der Waals surface area contributed by atoms with Crippen molar-refractivity contribution in [1.82, 2.24) is 5.32 Å². The molecule has 1 aliphatic heterocycles. The number of aryl methyl sites for hydroxylation is 2. The van der Waals surface area contributed by atoms with Crippen LogP contribution in [0.15, 0.2) is 18.2 Å². The summed E-state index contributed by atoms with van der Waals surface area (Å²) in [5.74, 6) is -0.0369. The molecule has 1 aromatic rings. The number of rotatable bonds is 3. The fraction of sp³-hybridized carbons (Fsp3) is 0.533. The highest BCUT2D eigenvalue weighted by atomic mass is 35.5. The predicted molar refractivity (Wildman–Crippen MR) is 83.6 cm³/mol. The lowest BCUT2D eigenvalue weighted by Gasteiger charge is -2.34. The van der Waals surface area contributed by atoms with Gasteiger partial charge < -0.3 is 15.4 Å². The number of carbonyl (C=O) groups excluding carboxylic acids is 1. The molecule has 20 heavy (non-hydrogen) atoms. The highest BCUT2D eigenvalue weighted by Crippen LogP contribution is 2.25. The molecule has 1 aromatic carbocycles. The summed E-state index contributed by atoms with van der Waals surface area (Å²) in [6.45, 7) is 5.64. The zero-order chi connectivity index (χ0) is 13.9. The summed E-state index contributed by atoms with van der Waals surface area (Å²) in [5.41, 5.74) is 2.39. The zero-order valence-electron chi connectivity index (χ0n) is 12.3. The van der Waals surface area contributed by atoms with Gasteiger partial charge in [-0.25, -0.2) is 0 Å². The summed E-state index contributed by atoms with van der Waals surface area (Å²) >= 11 is 0. The quantitative estimate of drug-likeness (QED) is 0.901. The van der Waals surface area contributed by atoms with Crippen molar-refractivity contribution >= 4 is 24.0 Å². The van der Waals surface area contributed by atoms with Gasteiger partial charge in [0.15, 0.2) is 0 Å². The second-order valence-corrected chi connectivity index (χ2v) is 5.22. The standard InChI is InChI=1S/C15H22N2O2.ClH/c1-11-4-5-12(2)13(10-11)17-14(18)15(19-3)6-8-16-9-7-15;/h4-5,10,16H,6-9H2,1-3H3,(H,17,18);1H. The molecule has 0 radical (unpaired) electrons. The average Bonchev–Trinajstić information content (AvgIpc) is 2.43. The molecule has 0 bridgehead atoms. The smallest absolute Gasteiger partial charge is 0.256 e. The van der Waals surface area contributed by atoms with Crippen LogP contribution in [0.4, 0.5) is 5.69 Å². The Morgan fingerprint density at radius 3 is 2.55 bits per heavy atom. The van der Waals surface area contributed by atoms with Gasteiger partial charge in [0, 0.05) is 12.8 Å². The summed E-state index contributed by atoms with van der Waals surface area (Å²) in [7, 11) is 1.62. The van der Waals surface area contributed by atoms with Gasteiger partial charge in [-0.05, 0) is 57.0 Å². The number of amides is 1. The fourth-order valence-corrected chi connectivity index (χ4v) is 2.46. The van der Waals surface area contributed by atoms with E-state index in [2.05, 4.69) is 10.6 Å². The molecule has 5 heteroatoms. The molecule has 0 spiro atoms. The van der Waals surface area contributed by atoms with Crippen molar-refractivity contribution in [2.24, 2.45) is 0 Å². The number of nitrogens with one attached hydrogen (secondary N) is 2. The maximum absolute atomic E-state index is 12.5. The molecule has 1 aliphatic rings. The monoisotopic (exact) mass is 298 g/mol. The number of anilines is 1. The van der Waals surface area contributed by atoms with E-state index in [0.717, 1.165) is 29.9 Å². The van der Waals surface area contributed by atoms with Gasteiger partial charge >= 0.3 is 0 Å². The van der Waals surface area contributed by atoms with Crippen LogP contribution in [0.1, 0.15) is 24.0 Å². The summed E-state index contributed by atoms with van der Waals surface area (Å²) in [4.78, 5) is 12.5. The Morgan fingerprint density at radius 1 is 1.30 bits per heavy atom. The Labute approximate surface area is 126 Å². The summed E-state index contributed by atoms with van der Waals surface area (Å²) < 4.78 is 5.53. The van der Waals surface area contributed by atoms with E-state index in [1.807, 2.05) is 32.0 Å². The van der Waals surface area contributed by atoms with E-state index in [9.17, 15) is 4.79 Å². The van der Waals surface area contributed by atoms with Gasteiger partial charge in [-0.1, -0.05) is 12.1 Å². The van der Waals surface area contributed by atoms with Gasteiger partial charge in [0.05, 0.1) is 0 Å². The average molecular weight is 299 g/mol. The third kappa shape index (κ3) is 3.51. The summed E-state index contributed by atoms with van der Waals surface area (Å²) in [5, 5.41) is 6.27. The molecule has 112 valence electrons. The molecule has 1 fully saturated rings. The van der Waals surface area contributed by atoms with E-state index in [-0.39, 0.29) is 18.3 Å². The maximum Gasteiger partial charge on any atom is 0.256 e. The van der Waals surface area contributed by atoms with Crippen LogP contribution >= 0.6 is 12.4 Å². The number of hydrogen-bond acceptors (Lipinski definition) is 3. The van der Waals surface area contributed by atoms with Crippen LogP contribution in [0, 0.1) is 13.8 Å². The van der Waals surface area contributed by atoms with E-state index in [1.54, 1.807) is 7.11 Å². The predicted octanol–water partition coefficient (Wildman–Crippen LogP) is 2.43. The van der Waals surface area contributed by atoms with Crippen molar-refractivity contribution in [2.45, 2.75) is 32.3 Å². The number of halogens is 1. The molecule has 1 heterocycles. The normalized spacial score (nSPS) is 17.1. The molecule has 1 amide bonds. The lowest BCUT2D eigenvalue weighted by Crippen LogP contribution is -2.51. The number of benzene rings is 1. The van der Waals surface area contributed by atoms with Crippen molar-refractivity contribution < 1.29 is 9.53 Å². The molecule has 1 saturated heterocycles. The van der Waals surface area contributed by atoms with E-state index >= 15 is 0 Å². The van der Waals surface area contributed by atoms with Crippen LogP contribution in [0.25, 0.3) is 0 Å². The van der Waals surface area contributed by atoms with E-state index in [0.29, 0.717) is 12.8 Å². The number of ether oxygens (including phenoxy) is 1. The largest absolute Gasteiger partial charge is 0.368 e. The summed E-state index contributed by atoms with van der Waals surface area (Å²) in [6.07, 6.45) is 1.42. The highest BCUT2D eigenvalue weighted by Gasteiger charge is 2.39. The van der Waals surface area contributed by atoms with Gasteiger partial charge in [-0.2, -0.15) is 0 Å². The Balaban J connectivity index is 0.00000200. The first-order valence-corrected chi connectivity index (χ1v) is 6.72. The maximum atomic E-state index is 12.5. The van der Waals surface area contributed by atoms with Crippen molar-refractivity contribution in [3.8, 4) is 0 Å². The number of methoxy groups -OCH3 is 1. The SMILES string of the molecule is COC1(C(=O)Nc2cc(C)ccc2C)CCNCC1.Cl. The first-order chi connectivity index (χ1) is 9.07. The van der Waals surface area contributed by atoms with Crippen LogP contribution < -0.4 is 10.6 Å². The van der Waals surface area contributed by atoms with Crippen LogP contribution in [-0.4, -0.2) is 31.7 Å². The van der Waals surface area contributed by atoms with Crippen LogP contribution in [0.3, 0.4) is 0 Å². The van der Waals surface area contributed by atoms with Gasteiger partial charge in [0.1, 0.15) is 5.60 Å². The molecule has 2 N–H and O–H groups in total. The van der Waals surface area contributed by atoms with Gasteiger partial charge in [-0.3, -0.25) is 4.79 Å². The number of hydrogen-bond donors (Lipinski definition) is 2. The first kappa shape index (κ1) is 17.0. The topological polar surface area (TPSA) is 50.4 Å². The van der Waals surface area contributed by atoms with Crippen molar-refractivity contribution in [2.75, 3.05) is 25.5 Å². The third-order valence-corrected chi connectivity index (χ3v) is 3.86. The second kappa shape index (κ2) is 7.07. The van der Waals surface area contributed by atoms with E-state index in [4.69, 9.17) is 4.74 Å². The van der Waals surface area contributed by atoms with Crippen molar-refractivity contribution in [3.05, 3.63) is 29.3 Å². The Kier molecular flexibility index (Phi) is 5.99. The second-order valence-electron chi connectivity index (χ2n) is 5.22. The van der Waals surface area contributed by atoms with Crippen LogP contribution in [-0.2, 0) is 9.53 Å². The van der Waals surface area contributed by atoms with E-state index in [1.165, 1.54) is 0 Å². The minimum atomic E-state index is -0.693. The minimum Gasteiger partial charge on any atom is -0.368 e. The Bertz CT molecular complexity index is 471. The molecular weight excluding hydrogens is 276 g/mol. The van der Waals surface area contributed by atoms with Crippen LogP contribution in [0.5, 0.6) is 0 Å². The summed E-state index contributed by atoms with van der Waals surface area (Å²) in [6, 6.07) is 6.06. The molecule has 0 saturated carbocycles. The van der Waals surface area contributed by atoms with Crippen molar-refractivity contribution in [1.29, 1.82) is 0 Å². The van der Waals surface area contributed by atoms with Crippen LogP contribution in [0.2, 0.25) is 0 Å². The molecule has 2 rings (SSSR count). The lowest BCUT2D eigenvalue weighted by molar-refractivity contribution is -0.140. The molecule has 0 unspecified atom stereocenters. The molecule has 0 aromatic heterocycles. The molecular formula is C15H23ClN2O2. The Hall–Kier alpha value is -1.10. The van der Waals surface area contributed by atoms with Gasteiger partial charge in [0.25, 0.3) is 5.91 Å². The number of piperidine rings is 1. The molecule has 0 atom stereocenters. The van der Waals surface area contributed by atoms with E-state index < -0.39 is 5.60 Å². The number of carbonyl (C=O) groups is 1. The van der Waals surface area contributed by atoms with Crippen molar-refractivity contribution in [3.63, 3.8) is 0 Å². The van der Waals surface area contributed by atoms with Gasteiger partial charge in [0.2, 0.25) is 0 Å². The highest BCUT2D eigenvalue weighted by molar-refractivity contribution is 5.98. The molecule has 0 aliphatic carbocycles. The fourth-order valence-electron chi connectivity index (χ4n) is 2.46. The lowest BCUT2D eigenvalue weighted by atomic mass is 9.91. The molecule has 4 nitrogen and oxygen atoms in total. The minimum absolute atomic E-state index is 0. The van der Waals surface area contributed by atoms with Gasteiger partial charge in [-0.15, -0.1) is 12.4 Å². The zero-order valence-corrected chi connectivity index (χ0v) is 13.1. The first-order valence-electron chi connectivity index (χ1n) is 6.72. The third-order valence-electron chi connectivity index (χ3n) is 3.86.